The van der Waals surface area contributed by atoms with Crippen molar-refractivity contribution in [2.24, 2.45) is 0 Å². The van der Waals surface area contributed by atoms with Gasteiger partial charge in [0.1, 0.15) is 0 Å². The number of hydrogen-bond acceptors (Lipinski definition) is 2. The first-order chi connectivity index (χ1) is 8.85. The largest absolute Gasteiger partial charge is 0.375 e. The van der Waals surface area contributed by atoms with E-state index in [4.69, 9.17) is 4.74 Å². The minimum absolute atomic E-state index is 0.162. The quantitative estimate of drug-likeness (QED) is 0.857. The standard InChI is InChI=1S/C16H25NO/c1-17-12-16(18-2)15-10-8-14(9-11-15)13-6-4-3-5-7-13/h8-11,13,16-17H,3-7,12H2,1-2H3. The summed E-state index contributed by atoms with van der Waals surface area (Å²) in [6, 6.07) is 9.06. The number of benzene rings is 1. The number of likely N-dealkylation sites (N-methyl/N-ethyl adjacent to an activating group) is 1. The van der Waals surface area contributed by atoms with Crippen LogP contribution in [0.4, 0.5) is 0 Å². The minimum atomic E-state index is 0.162. The molecule has 100 valence electrons. The zero-order valence-electron chi connectivity index (χ0n) is 11.6. The van der Waals surface area contributed by atoms with Crippen molar-refractivity contribution < 1.29 is 4.74 Å². The second-order valence-electron chi connectivity index (χ2n) is 5.28. The molecule has 1 aliphatic carbocycles. The van der Waals surface area contributed by atoms with Gasteiger partial charge in [0.05, 0.1) is 6.10 Å². The predicted molar refractivity (Wildman–Crippen MR) is 75.9 cm³/mol. The van der Waals surface area contributed by atoms with E-state index in [-0.39, 0.29) is 6.10 Å². The summed E-state index contributed by atoms with van der Waals surface area (Å²) in [5.41, 5.74) is 2.78. The van der Waals surface area contributed by atoms with Crippen LogP contribution in [0.25, 0.3) is 0 Å². The number of nitrogens with one attached hydrogen (secondary N) is 1. The molecule has 1 fully saturated rings. The molecule has 2 heteroatoms. The maximum absolute atomic E-state index is 5.50. The van der Waals surface area contributed by atoms with Crippen molar-refractivity contribution >= 4 is 0 Å². The summed E-state index contributed by atoms with van der Waals surface area (Å²) in [5.74, 6) is 0.790. The predicted octanol–water partition coefficient (Wildman–Crippen LogP) is 3.64. The Balaban J connectivity index is 2.03. The summed E-state index contributed by atoms with van der Waals surface area (Å²) < 4.78 is 5.50. The normalized spacial score (nSPS) is 18.8. The van der Waals surface area contributed by atoms with Crippen LogP contribution in [0, 0.1) is 0 Å². The molecule has 1 N–H and O–H groups in total. The van der Waals surface area contributed by atoms with E-state index in [1.165, 1.54) is 43.2 Å². The molecule has 0 amide bonds. The highest BCUT2D eigenvalue weighted by Gasteiger charge is 2.16. The smallest absolute Gasteiger partial charge is 0.0945 e. The average Bonchev–Trinajstić information content (AvgIpc) is 2.46. The van der Waals surface area contributed by atoms with Gasteiger partial charge < -0.3 is 10.1 Å². The van der Waals surface area contributed by atoms with Crippen LogP contribution in [-0.4, -0.2) is 20.7 Å². The summed E-state index contributed by atoms with van der Waals surface area (Å²) in [6.45, 7) is 0.860. The first-order valence-corrected chi connectivity index (χ1v) is 7.12. The maximum Gasteiger partial charge on any atom is 0.0945 e. The third-order valence-corrected chi connectivity index (χ3v) is 4.06. The van der Waals surface area contributed by atoms with Crippen LogP contribution < -0.4 is 5.32 Å². The zero-order valence-corrected chi connectivity index (χ0v) is 11.6. The van der Waals surface area contributed by atoms with Gasteiger partial charge in [0.2, 0.25) is 0 Å². The van der Waals surface area contributed by atoms with E-state index in [1.54, 1.807) is 7.11 Å². The van der Waals surface area contributed by atoms with Crippen molar-refractivity contribution in [1.82, 2.24) is 5.32 Å². The van der Waals surface area contributed by atoms with Gasteiger partial charge in [-0.2, -0.15) is 0 Å². The lowest BCUT2D eigenvalue weighted by molar-refractivity contribution is 0.104. The van der Waals surface area contributed by atoms with Crippen molar-refractivity contribution in [1.29, 1.82) is 0 Å². The number of methoxy groups -OCH3 is 1. The highest BCUT2D eigenvalue weighted by molar-refractivity contribution is 5.27. The average molecular weight is 247 g/mol. The molecule has 0 saturated heterocycles. The molecule has 1 aromatic carbocycles. The summed E-state index contributed by atoms with van der Waals surface area (Å²) in [5, 5.41) is 3.17. The van der Waals surface area contributed by atoms with E-state index in [0.717, 1.165) is 12.5 Å². The molecule has 1 unspecified atom stereocenters. The molecular weight excluding hydrogens is 222 g/mol. The Hall–Kier alpha value is -0.860. The molecule has 1 atom stereocenters. The fraction of sp³-hybridized carbons (Fsp3) is 0.625. The van der Waals surface area contributed by atoms with E-state index in [0.29, 0.717) is 0 Å². The molecule has 0 radical (unpaired) electrons. The molecule has 2 rings (SSSR count). The fourth-order valence-corrected chi connectivity index (χ4v) is 2.94. The number of ether oxygens (including phenoxy) is 1. The topological polar surface area (TPSA) is 21.3 Å². The molecule has 2 nitrogen and oxygen atoms in total. The number of rotatable bonds is 5. The molecule has 1 aliphatic rings. The third kappa shape index (κ3) is 3.33. The highest BCUT2D eigenvalue weighted by atomic mass is 16.5. The Morgan fingerprint density at radius 2 is 1.83 bits per heavy atom. The second-order valence-corrected chi connectivity index (χ2v) is 5.28. The number of hydrogen-bond donors (Lipinski definition) is 1. The van der Waals surface area contributed by atoms with Gasteiger partial charge in [-0.3, -0.25) is 0 Å². The van der Waals surface area contributed by atoms with E-state index in [2.05, 4.69) is 29.6 Å². The molecule has 18 heavy (non-hydrogen) atoms. The highest BCUT2D eigenvalue weighted by Crippen LogP contribution is 2.33. The lowest BCUT2D eigenvalue weighted by atomic mass is 9.84. The SMILES string of the molecule is CNCC(OC)c1ccc(C2CCCCC2)cc1. The summed E-state index contributed by atoms with van der Waals surface area (Å²) >= 11 is 0. The van der Waals surface area contributed by atoms with Crippen molar-refractivity contribution in [2.45, 2.75) is 44.1 Å². The van der Waals surface area contributed by atoms with Crippen molar-refractivity contribution in [3.05, 3.63) is 35.4 Å². The third-order valence-electron chi connectivity index (χ3n) is 4.06. The van der Waals surface area contributed by atoms with Crippen LogP contribution in [0.1, 0.15) is 55.3 Å². The van der Waals surface area contributed by atoms with Crippen LogP contribution in [-0.2, 0) is 4.74 Å². The van der Waals surface area contributed by atoms with Gasteiger partial charge >= 0.3 is 0 Å². The van der Waals surface area contributed by atoms with Crippen LogP contribution >= 0.6 is 0 Å². The van der Waals surface area contributed by atoms with Gasteiger partial charge in [-0.25, -0.2) is 0 Å². The van der Waals surface area contributed by atoms with E-state index in [1.807, 2.05) is 7.05 Å². The Morgan fingerprint density at radius 1 is 1.17 bits per heavy atom. The minimum Gasteiger partial charge on any atom is -0.375 e. The molecule has 0 bridgehead atoms. The first kappa shape index (κ1) is 13.6. The fourth-order valence-electron chi connectivity index (χ4n) is 2.94. The summed E-state index contributed by atoms with van der Waals surface area (Å²) in [4.78, 5) is 0. The van der Waals surface area contributed by atoms with Gasteiger partial charge in [0.15, 0.2) is 0 Å². The van der Waals surface area contributed by atoms with Gasteiger partial charge in [0, 0.05) is 13.7 Å². The zero-order chi connectivity index (χ0) is 12.8. The summed E-state index contributed by atoms with van der Waals surface area (Å²) in [7, 11) is 3.74. The van der Waals surface area contributed by atoms with E-state index >= 15 is 0 Å². The molecule has 0 heterocycles. The van der Waals surface area contributed by atoms with E-state index in [9.17, 15) is 0 Å². The lowest BCUT2D eigenvalue weighted by Crippen LogP contribution is -2.18. The van der Waals surface area contributed by atoms with Gasteiger partial charge in [-0.1, -0.05) is 43.5 Å². The monoisotopic (exact) mass is 247 g/mol. The van der Waals surface area contributed by atoms with Crippen LogP contribution in [0.3, 0.4) is 0 Å². The Labute approximate surface area is 111 Å². The van der Waals surface area contributed by atoms with Gasteiger partial charge in [-0.05, 0) is 36.9 Å². The Bertz CT molecular complexity index is 317. The van der Waals surface area contributed by atoms with Crippen molar-refractivity contribution in [3.8, 4) is 0 Å². The molecule has 0 aromatic heterocycles. The van der Waals surface area contributed by atoms with Gasteiger partial charge in [-0.15, -0.1) is 0 Å². The van der Waals surface area contributed by atoms with Gasteiger partial charge in [0.25, 0.3) is 0 Å². The Morgan fingerprint density at radius 3 is 2.39 bits per heavy atom. The van der Waals surface area contributed by atoms with Crippen molar-refractivity contribution in [2.75, 3.05) is 20.7 Å². The van der Waals surface area contributed by atoms with Crippen LogP contribution in [0.15, 0.2) is 24.3 Å². The van der Waals surface area contributed by atoms with Crippen LogP contribution in [0.5, 0.6) is 0 Å². The molecule has 1 saturated carbocycles. The first-order valence-electron chi connectivity index (χ1n) is 7.12. The Kier molecular flexibility index (Phi) is 5.21. The lowest BCUT2D eigenvalue weighted by Gasteiger charge is -2.23. The van der Waals surface area contributed by atoms with Crippen LogP contribution in [0.2, 0.25) is 0 Å². The molecule has 1 aromatic rings. The van der Waals surface area contributed by atoms with Crippen molar-refractivity contribution in [3.63, 3.8) is 0 Å². The maximum atomic E-state index is 5.50. The molecule has 0 aliphatic heterocycles. The summed E-state index contributed by atoms with van der Waals surface area (Å²) in [6.07, 6.45) is 7.10. The van der Waals surface area contributed by atoms with E-state index < -0.39 is 0 Å². The second kappa shape index (κ2) is 6.91. The molecule has 0 spiro atoms. The molecular formula is C16H25NO.